The Balaban J connectivity index is 1.31. The van der Waals surface area contributed by atoms with Gasteiger partial charge in [0.15, 0.2) is 22.8 Å². The number of anilines is 1. The molecule has 28 heteroatoms. The van der Waals surface area contributed by atoms with E-state index in [9.17, 15) is 57.9 Å². The fourth-order valence-electron chi connectivity index (χ4n) is 6.05. The van der Waals surface area contributed by atoms with Gasteiger partial charge in [-0.15, -0.1) is 0 Å². The first kappa shape index (κ1) is 59.6. The van der Waals surface area contributed by atoms with E-state index in [4.69, 9.17) is 19.5 Å². The number of carbonyl (C=O) groups is 3. The minimum atomic E-state index is -5.58. The molecule has 69 heavy (non-hydrogen) atoms. The fourth-order valence-corrected chi connectivity index (χ4v) is 9.58. The van der Waals surface area contributed by atoms with Gasteiger partial charge in [0.1, 0.15) is 36.3 Å². The van der Waals surface area contributed by atoms with E-state index in [-0.39, 0.29) is 41.6 Å². The molecule has 2 amide bonds. The third-order valence-electron chi connectivity index (χ3n) is 9.66. The van der Waals surface area contributed by atoms with Crippen molar-refractivity contribution in [2.75, 3.05) is 37.8 Å². The van der Waals surface area contributed by atoms with E-state index in [1.807, 2.05) is 12.2 Å². The van der Waals surface area contributed by atoms with E-state index in [0.717, 1.165) is 67.5 Å². The summed E-state index contributed by atoms with van der Waals surface area (Å²) in [5, 5.41) is 26.5. The molecule has 2 aromatic heterocycles. The Kier molecular flexibility index (Phi) is 25.5. The number of unbranched alkanes of at least 4 members (excludes halogenated alkanes) is 1. The van der Waals surface area contributed by atoms with E-state index in [1.165, 1.54) is 13.8 Å². The molecule has 24 nitrogen and oxygen atoms in total. The van der Waals surface area contributed by atoms with E-state index in [0.29, 0.717) is 18.6 Å². The number of aromatic nitrogens is 4. The van der Waals surface area contributed by atoms with Gasteiger partial charge >= 0.3 is 23.5 Å². The second kappa shape index (κ2) is 29.6. The predicted molar refractivity (Wildman–Crippen MR) is 255 cm³/mol. The summed E-state index contributed by atoms with van der Waals surface area (Å²) in [4.78, 5) is 88.3. The number of nitrogens with two attached hydrogens (primary N) is 1. The molecule has 0 bridgehead atoms. The molecule has 0 saturated carbocycles. The Bertz CT molecular complexity index is 2270. The fraction of sp³-hybridized carbons (Fsp3) is 0.561. The third kappa shape index (κ3) is 22.5. The first-order chi connectivity index (χ1) is 32.6. The van der Waals surface area contributed by atoms with Crippen molar-refractivity contribution in [3.8, 4) is 0 Å². The Morgan fingerprint density at radius 2 is 1.46 bits per heavy atom. The van der Waals surface area contributed by atoms with Gasteiger partial charge in [0, 0.05) is 37.1 Å². The van der Waals surface area contributed by atoms with E-state index >= 15 is 0 Å². The van der Waals surface area contributed by atoms with Gasteiger partial charge in [-0.2, -0.15) is 4.31 Å². The van der Waals surface area contributed by atoms with Crippen LogP contribution in [0, 0.1) is 5.41 Å². The molecule has 3 heterocycles. The number of nitrogens with zero attached hydrogens (tertiary/aromatic N) is 4. The average molecular weight is 1050 g/mol. The monoisotopic (exact) mass is 1050 g/mol. The second-order valence-corrected chi connectivity index (χ2v) is 21.3. The SMILES string of the molecule is CCC/C=C/C/C=C/C/C=C/C/C=C/C/C=C/CCC(=O)SCCNC(=O)CCNC(=O)[C@H](O)C(C)(C)COP(=O)(O)OP(=O)(O)OC[C@H]1O[C@@H](n2cnc3c(N)ncnc32)[C@H](O)[C@@H]1OP(=O)(O)O. The molecule has 1 fully saturated rings. The van der Waals surface area contributed by atoms with Crippen LogP contribution in [0.5, 0.6) is 0 Å². The molecule has 3 rings (SSSR count). The molecule has 1 aliphatic rings. The lowest BCUT2D eigenvalue weighted by Gasteiger charge is -2.30. The molecule has 0 spiro atoms. The molecular formula is C41H64N7O17P3S. The van der Waals surface area contributed by atoms with Gasteiger partial charge in [-0.25, -0.2) is 28.6 Å². The van der Waals surface area contributed by atoms with Crippen LogP contribution in [0.25, 0.3) is 11.2 Å². The van der Waals surface area contributed by atoms with Crippen LogP contribution in [0.3, 0.4) is 0 Å². The third-order valence-corrected chi connectivity index (χ3v) is 13.7. The maximum atomic E-state index is 12.7. The Hall–Kier alpha value is -3.74. The quantitative estimate of drug-likeness (QED) is 0.0275. The summed E-state index contributed by atoms with van der Waals surface area (Å²) >= 11 is 1.10. The minimum absolute atomic E-state index is 0.0162. The lowest BCUT2D eigenvalue weighted by molar-refractivity contribution is -0.137. The number of nitrogens with one attached hydrogen (secondary N) is 2. The van der Waals surface area contributed by atoms with Crippen molar-refractivity contribution >= 4 is 69.1 Å². The van der Waals surface area contributed by atoms with E-state index in [1.54, 1.807) is 0 Å². The maximum absolute atomic E-state index is 12.7. The van der Waals surface area contributed by atoms with Crippen molar-refractivity contribution in [2.24, 2.45) is 5.41 Å². The van der Waals surface area contributed by atoms with Gasteiger partial charge in [0.25, 0.3) is 0 Å². The maximum Gasteiger partial charge on any atom is 0.481 e. The number of aliphatic hydroxyl groups is 2. The number of fused-ring (bicyclic) bond motifs is 1. The van der Waals surface area contributed by atoms with Gasteiger partial charge in [-0.05, 0) is 38.5 Å². The highest BCUT2D eigenvalue weighted by molar-refractivity contribution is 8.13. The Morgan fingerprint density at radius 1 is 0.870 bits per heavy atom. The number of phosphoric acid groups is 3. The number of thioether (sulfide) groups is 1. The number of nitrogen functional groups attached to an aromatic ring is 1. The van der Waals surface area contributed by atoms with Gasteiger partial charge in [-0.1, -0.05) is 99.7 Å². The number of hydrogen-bond acceptors (Lipinski definition) is 18. The number of aliphatic hydroxyl groups excluding tert-OH is 2. The van der Waals surface area contributed by atoms with E-state index < -0.39 is 84.6 Å². The number of imidazole rings is 1. The standard InChI is InChI=1S/C41H64N7O17P3S/c1-4-5-6-7-8-9-10-11-12-13-14-15-16-17-18-19-20-21-32(50)69-25-24-43-31(49)22-23-44-39(53)36(52)41(2,3)27-62-68(59,60)65-67(57,58)61-26-30-35(64-66(54,55)56)34(51)40(63-30)48-29-47-33-37(42)45-28-46-38(33)48/h6-7,9-10,12-13,15-16,18-19,28-30,34-36,40,51-52H,4-5,8,11,14,17,20-27H2,1-3H3,(H,43,49)(H,44,53)(H,57,58)(H,59,60)(H2,42,45,46)(H2,54,55,56)/b7-6+,10-9+,13-12+,16-15+,19-18+/t30-,34-,35-,36+,40-/m1/s1. The van der Waals surface area contributed by atoms with Crippen molar-refractivity contribution in [3.63, 3.8) is 0 Å². The smallest absolute Gasteiger partial charge is 0.386 e. The summed E-state index contributed by atoms with van der Waals surface area (Å²) in [5.74, 6) is -1.11. The van der Waals surface area contributed by atoms with Crippen LogP contribution < -0.4 is 16.4 Å². The summed E-state index contributed by atoms with van der Waals surface area (Å²) in [6, 6.07) is 0. The van der Waals surface area contributed by atoms with Gasteiger partial charge < -0.3 is 50.9 Å². The van der Waals surface area contributed by atoms with Crippen LogP contribution in [0.15, 0.2) is 73.4 Å². The zero-order valence-electron chi connectivity index (χ0n) is 38.5. The first-order valence-corrected chi connectivity index (χ1v) is 27.4. The summed E-state index contributed by atoms with van der Waals surface area (Å²) < 4.78 is 62.4. The Labute approximate surface area is 404 Å². The van der Waals surface area contributed by atoms with Crippen molar-refractivity contribution < 1.29 is 80.5 Å². The zero-order valence-corrected chi connectivity index (χ0v) is 42.0. The second-order valence-electron chi connectivity index (χ2n) is 15.9. The van der Waals surface area contributed by atoms with E-state index in [2.05, 4.69) is 90.0 Å². The van der Waals surface area contributed by atoms with Crippen molar-refractivity contribution in [1.82, 2.24) is 30.2 Å². The number of allylic oxidation sites excluding steroid dienone is 10. The van der Waals surface area contributed by atoms with Crippen LogP contribution >= 0.6 is 35.2 Å². The van der Waals surface area contributed by atoms with Crippen LogP contribution in [-0.4, -0.2) is 123 Å². The molecule has 10 N–H and O–H groups in total. The normalized spacial score (nSPS) is 20.4. The Morgan fingerprint density at radius 3 is 2.07 bits per heavy atom. The zero-order chi connectivity index (χ0) is 51.1. The topological polar surface area (TPSA) is 364 Å². The molecule has 2 unspecified atom stereocenters. The molecule has 7 atom stereocenters. The lowest BCUT2D eigenvalue weighted by atomic mass is 9.87. The van der Waals surface area contributed by atoms with Crippen LogP contribution in [0.1, 0.15) is 84.8 Å². The summed E-state index contributed by atoms with van der Waals surface area (Å²) in [5.41, 5.74) is 4.27. The van der Waals surface area contributed by atoms with Crippen molar-refractivity contribution in [3.05, 3.63) is 73.4 Å². The summed E-state index contributed by atoms with van der Waals surface area (Å²) in [6.45, 7) is 2.65. The highest BCUT2D eigenvalue weighted by atomic mass is 32.2. The van der Waals surface area contributed by atoms with Crippen LogP contribution in [0.4, 0.5) is 5.82 Å². The summed E-state index contributed by atoms with van der Waals surface area (Å²) in [7, 11) is -16.4. The van der Waals surface area contributed by atoms with Gasteiger partial charge in [0.05, 0.1) is 19.5 Å². The molecule has 386 valence electrons. The molecular weight excluding hydrogens is 987 g/mol. The summed E-state index contributed by atoms with van der Waals surface area (Å²) in [6.07, 6.45) is 20.9. The number of carbonyl (C=O) groups excluding carboxylic acids is 3. The molecule has 0 aromatic carbocycles. The number of rotatable bonds is 32. The number of phosphoric ester groups is 3. The average Bonchev–Trinajstić information content (AvgIpc) is 3.84. The minimum Gasteiger partial charge on any atom is -0.386 e. The molecule has 1 saturated heterocycles. The van der Waals surface area contributed by atoms with Crippen LogP contribution in [-0.2, 0) is 50.7 Å². The molecule has 0 radical (unpaired) electrons. The molecule has 2 aromatic rings. The molecule has 1 aliphatic heterocycles. The number of amides is 2. The first-order valence-electron chi connectivity index (χ1n) is 21.9. The predicted octanol–water partition coefficient (Wildman–Crippen LogP) is 4.59. The van der Waals surface area contributed by atoms with Crippen molar-refractivity contribution in [1.29, 1.82) is 0 Å². The van der Waals surface area contributed by atoms with Gasteiger partial charge in [-0.3, -0.25) is 32.5 Å². The number of hydrogen-bond donors (Lipinski definition) is 9. The largest absolute Gasteiger partial charge is 0.481 e. The van der Waals surface area contributed by atoms with Gasteiger partial charge in [0.2, 0.25) is 11.8 Å². The highest BCUT2D eigenvalue weighted by Crippen LogP contribution is 2.61. The molecule has 0 aliphatic carbocycles. The number of ether oxygens (including phenoxy) is 1. The van der Waals surface area contributed by atoms with Crippen LogP contribution in [0.2, 0.25) is 0 Å². The lowest BCUT2D eigenvalue weighted by Crippen LogP contribution is -2.46. The van der Waals surface area contributed by atoms with Crippen molar-refractivity contribution in [2.45, 2.75) is 109 Å². The highest BCUT2D eigenvalue weighted by Gasteiger charge is 2.50.